The molecule has 0 amide bonds. The third-order valence-electron chi connectivity index (χ3n) is 10.9. The maximum absolute atomic E-state index is 9.59. The van der Waals surface area contributed by atoms with Crippen molar-refractivity contribution in [1.82, 2.24) is 19.5 Å². The van der Waals surface area contributed by atoms with E-state index in [2.05, 4.69) is 103 Å². The lowest BCUT2D eigenvalue weighted by molar-refractivity contribution is 0.661. The second-order valence-electron chi connectivity index (χ2n) is 14.4. The van der Waals surface area contributed by atoms with Crippen LogP contribution in [0.5, 0.6) is 0 Å². The zero-order valence-electron chi connectivity index (χ0n) is 29.8. The summed E-state index contributed by atoms with van der Waals surface area (Å²) in [5.41, 5.74) is 13.7. The van der Waals surface area contributed by atoms with Gasteiger partial charge in [0.1, 0.15) is 0 Å². The van der Waals surface area contributed by atoms with Crippen LogP contribution in [0, 0.1) is 11.3 Å². The molecule has 0 aliphatic heterocycles. The molecule has 0 bridgehead atoms. The predicted octanol–water partition coefficient (Wildman–Crippen LogP) is 11.8. The highest BCUT2D eigenvalue weighted by Crippen LogP contribution is 2.53. The average molecular weight is 692 g/mol. The van der Waals surface area contributed by atoms with Crippen molar-refractivity contribution in [1.29, 1.82) is 5.26 Å². The standard InChI is InChI=1S/C49H33N5/c1-49(2)40-19-11-9-17-38(40)44-41(49)25-26-43-45(44)39-18-10-12-20-42(39)54(43)37-28-35(32-23-21-31(30-50)22-24-32)27-36(29-37)48-52-46(33-13-5-3-6-14-33)51-47(53-48)34-15-7-4-8-16-34/h3-29H,1-2H3. The molecule has 0 atom stereocenters. The largest absolute Gasteiger partial charge is 0.309 e. The Balaban J connectivity index is 1.27. The minimum Gasteiger partial charge on any atom is -0.309 e. The van der Waals surface area contributed by atoms with Crippen molar-refractivity contribution in [3.05, 3.63) is 180 Å². The second kappa shape index (κ2) is 12.2. The maximum Gasteiger partial charge on any atom is 0.164 e. The Morgan fingerprint density at radius 3 is 1.78 bits per heavy atom. The van der Waals surface area contributed by atoms with E-state index in [4.69, 9.17) is 15.0 Å². The fourth-order valence-corrected chi connectivity index (χ4v) is 8.24. The molecule has 254 valence electrons. The van der Waals surface area contributed by atoms with Gasteiger partial charge in [0.25, 0.3) is 0 Å². The highest BCUT2D eigenvalue weighted by atomic mass is 15.0. The number of aromatic nitrogens is 4. The van der Waals surface area contributed by atoms with Gasteiger partial charge >= 0.3 is 0 Å². The summed E-state index contributed by atoms with van der Waals surface area (Å²) in [6.45, 7) is 4.66. The second-order valence-corrected chi connectivity index (χ2v) is 14.4. The number of hydrogen-bond donors (Lipinski definition) is 0. The summed E-state index contributed by atoms with van der Waals surface area (Å²) >= 11 is 0. The molecule has 2 aromatic heterocycles. The summed E-state index contributed by atoms with van der Waals surface area (Å²) in [4.78, 5) is 15.2. The predicted molar refractivity (Wildman–Crippen MR) is 218 cm³/mol. The van der Waals surface area contributed by atoms with Crippen molar-refractivity contribution < 1.29 is 0 Å². The average Bonchev–Trinajstić information content (AvgIpc) is 3.69. The van der Waals surface area contributed by atoms with Crippen LogP contribution in [0.3, 0.4) is 0 Å². The molecule has 54 heavy (non-hydrogen) atoms. The maximum atomic E-state index is 9.59. The van der Waals surface area contributed by atoms with Gasteiger partial charge in [-0.05, 0) is 75.8 Å². The molecular formula is C49H33N5. The summed E-state index contributed by atoms with van der Waals surface area (Å²) in [7, 11) is 0. The molecule has 9 aromatic rings. The van der Waals surface area contributed by atoms with E-state index in [0.29, 0.717) is 23.0 Å². The van der Waals surface area contributed by atoms with Crippen LogP contribution < -0.4 is 0 Å². The van der Waals surface area contributed by atoms with Gasteiger partial charge in [0, 0.05) is 38.6 Å². The number of nitriles is 1. The van der Waals surface area contributed by atoms with E-state index in [1.165, 1.54) is 33.0 Å². The molecule has 2 heterocycles. The minimum absolute atomic E-state index is 0.113. The highest BCUT2D eigenvalue weighted by Gasteiger charge is 2.37. The van der Waals surface area contributed by atoms with Crippen LogP contribution in [0.25, 0.3) is 83.9 Å². The molecular weight excluding hydrogens is 659 g/mol. The lowest BCUT2D eigenvalue weighted by Crippen LogP contribution is -2.14. The lowest BCUT2D eigenvalue weighted by Gasteiger charge is -2.21. The summed E-state index contributed by atoms with van der Waals surface area (Å²) in [6.07, 6.45) is 0. The summed E-state index contributed by atoms with van der Waals surface area (Å²) < 4.78 is 2.38. The van der Waals surface area contributed by atoms with Gasteiger partial charge in [0.05, 0.1) is 22.7 Å². The third-order valence-corrected chi connectivity index (χ3v) is 10.9. The lowest BCUT2D eigenvalue weighted by atomic mass is 9.82. The molecule has 0 saturated heterocycles. The topological polar surface area (TPSA) is 67.4 Å². The van der Waals surface area contributed by atoms with Crippen molar-refractivity contribution in [2.24, 2.45) is 0 Å². The Morgan fingerprint density at radius 2 is 1.09 bits per heavy atom. The van der Waals surface area contributed by atoms with Crippen molar-refractivity contribution in [3.8, 4) is 68.2 Å². The van der Waals surface area contributed by atoms with Gasteiger partial charge in [-0.25, -0.2) is 15.0 Å². The number of hydrogen-bond acceptors (Lipinski definition) is 4. The van der Waals surface area contributed by atoms with Gasteiger partial charge in [-0.1, -0.05) is 135 Å². The molecule has 5 nitrogen and oxygen atoms in total. The summed E-state index contributed by atoms with van der Waals surface area (Å²) in [5, 5.41) is 12.0. The molecule has 0 radical (unpaired) electrons. The van der Waals surface area contributed by atoms with E-state index in [1.807, 2.05) is 84.9 Å². The van der Waals surface area contributed by atoms with E-state index in [9.17, 15) is 5.26 Å². The normalized spacial score (nSPS) is 12.8. The molecule has 7 aromatic carbocycles. The van der Waals surface area contributed by atoms with Crippen molar-refractivity contribution in [2.45, 2.75) is 19.3 Å². The summed E-state index contributed by atoms with van der Waals surface area (Å²) in [5.74, 6) is 1.80. The van der Waals surface area contributed by atoms with E-state index >= 15 is 0 Å². The van der Waals surface area contributed by atoms with Crippen molar-refractivity contribution in [2.75, 3.05) is 0 Å². The number of nitrogens with zero attached hydrogens (tertiary/aromatic N) is 5. The highest BCUT2D eigenvalue weighted by molar-refractivity contribution is 6.18. The van der Waals surface area contributed by atoms with Crippen LogP contribution in [0.4, 0.5) is 0 Å². The molecule has 0 N–H and O–H groups in total. The Hall–Kier alpha value is -7.16. The fourth-order valence-electron chi connectivity index (χ4n) is 8.24. The SMILES string of the molecule is CC1(C)c2ccccc2-c2c1ccc1c2c2ccccc2n1-c1cc(-c2ccc(C#N)cc2)cc(-c2nc(-c3ccccc3)nc(-c3ccccc3)n2)c1. The third kappa shape index (κ3) is 4.96. The zero-order valence-corrected chi connectivity index (χ0v) is 29.8. The monoisotopic (exact) mass is 691 g/mol. The molecule has 0 saturated carbocycles. The first kappa shape index (κ1) is 31.6. The van der Waals surface area contributed by atoms with E-state index in [-0.39, 0.29) is 5.41 Å². The number of rotatable bonds is 5. The van der Waals surface area contributed by atoms with Gasteiger partial charge in [0.2, 0.25) is 0 Å². The van der Waals surface area contributed by atoms with Gasteiger partial charge in [-0.2, -0.15) is 5.26 Å². The minimum atomic E-state index is -0.113. The quantitative estimate of drug-likeness (QED) is 0.180. The van der Waals surface area contributed by atoms with Gasteiger partial charge in [-0.3, -0.25) is 0 Å². The zero-order chi connectivity index (χ0) is 36.4. The van der Waals surface area contributed by atoms with Crippen LogP contribution in [-0.2, 0) is 5.41 Å². The molecule has 0 fully saturated rings. The van der Waals surface area contributed by atoms with Crippen LogP contribution in [0.1, 0.15) is 30.5 Å². The first-order valence-corrected chi connectivity index (χ1v) is 18.2. The summed E-state index contributed by atoms with van der Waals surface area (Å²) in [6, 6.07) is 58.9. The Morgan fingerprint density at radius 1 is 0.500 bits per heavy atom. The fraction of sp³-hybridized carbons (Fsp3) is 0.0612. The molecule has 5 heteroatoms. The van der Waals surface area contributed by atoms with Gasteiger partial charge < -0.3 is 4.57 Å². The van der Waals surface area contributed by atoms with Crippen LogP contribution in [0.15, 0.2) is 164 Å². The molecule has 1 aliphatic carbocycles. The molecule has 0 unspecified atom stereocenters. The Labute approximate surface area is 313 Å². The van der Waals surface area contributed by atoms with Crippen LogP contribution >= 0.6 is 0 Å². The number of fused-ring (bicyclic) bond motifs is 7. The van der Waals surface area contributed by atoms with Crippen molar-refractivity contribution >= 4 is 21.8 Å². The Bertz CT molecular complexity index is 2890. The smallest absolute Gasteiger partial charge is 0.164 e. The number of para-hydroxylation sites is 1. The van der Waals surface area contributed by atoms with Gasteiger partial charge in [0.15, 0.2) is 17.5 Å². The van der Waals surface area contributed by atoms with E-state index in [1.54, 1.807) is 0 Å². The molecule has 10 rings (SSSR count). The number of benzene rings is 7. The molecule has 0 spiro atoms. The first-order valence-electron chi connectivity index (χ1n) is 18.2. The van der Waals surface area contributed by atoms with E-state index < -0.39 is 0 Å². The van der Waals surface area contributed by atoms with E-state index in [0.717, 1.165) is 44.5 Å². The van der Waals surface area contributed by atoms with Crippen LogP contribution in [0.2, 0.25) is 0 Å². The van der Waals surface area contributed by atoms with Crippen LogP contribution in [-0.4, -0.2) is 19.5 Å². The van der Waals surface area contributed by atoms with Gasteiger partial charge in [-0.15, -0.1) is 0 Å². The first-order chi connectivity index (χ1) is 26.5. The molecule has 1 aliphatic rings. The van der Waals surface area contributed by atoms with Crippen molar-refractivity contribution in [3.63, 3.8) is 0 Å². The Kier molecular flexibility index (Phi) is 7.14.